The van der Waals surface area contributed by atoms with Crippen LogP contribution in [0, 0.1) is 5.92 Å². The molecule has 196 valence electrons. The summed E-state index contributed by atoms with van der Waals surface area (Å²) >= 11 is 0. The zero-order chi connectivity index (χ0) is 25.3. The summed E-state index contributed by atoms with van der Waals surface area (Å²) < 4.78 is 11.9. The van der Waals surface area contributed by atoms with Crippen LogP contribution in [0.5, 0.6) is 5.75 Å². The molecule has 1 amide bonds. The van der Waals surface area contributed by atoms with Crippen LogP contribution in [0.15, 0.2) is 30.3 Å². The summed E-state index contributed by atoms with van der Waals surface area (Å²) in [6.07, 6.45) is 10.5. The number of carbonyl (C=O) groups excluding carboxylic acids is 1. The zero-order valence-corrected chi connectivity index (χ0v) is 22.2. The Kier molecular flexibility index (Phi) is 9.70. The van der Waals surface area contributed by atoms with E-state index in [0.29, 0.717) is 18.3 Å². The molecule has 1 saturated heterocycles. The average Bonchev–Trinajstić information content (AvgIpc) is 2.91. The number of likely N-dealkylation sites (tertiary alicyclic amines) is 1. The van der Waals surface area contributed by atoms with Gasteiger partial charge >= 0.3 is 0 Å². The lowest BCUT2D eigenvalue weighted by Crippen LogP contribution is -2.47. The number of hydrogen-bond acceptors (Lipinski definition) is 6. The van der Waals surface area contributed by atoms with Gasteiger partial charge in [-0.2, -0.15) is 5.10 Å². The summed E-state index contributed by atoms with van der Waals surface area (Å²) in [6, 6.07) is 10.1. The molecular weight excluding hydrogens is 452 g/mol. The maximum atomic E-state index is 13.1. The highest BCUT2D eigenvalue weighted by Gasteiger charge is 2.28. The summed E-state index contributed by atoms with van der Waals surface area (Å²) in [4.78, 5) is 15.3. The first kappa shape index (κ1) is 26.6. The third kappa shape index (κ3) is 7.04. The molecular formula is C29H42N4O3. The molecule has 1 aliphatic heterocycles. The third-order valence-corrected chi connectivity index (χ3v) is 7.59. The van der Waals surface area contributed by atoms with E-state index in [1.165, 1.54) is 19.3 Å². The minimum atomic E-state index is -0.189. The Bertz CT molecular complexity index is 975. The maximum absolute atomic E-state index is 13.1. The molecule has 7 heteroatoms. The van der Waals surface area contributed by atoms with Gasteiger partial charge in [-0.25, -0.2) is 0 Å². The number of hydrogen-bond donors (Lipinski definition) is 1. The first-order valence-electron chi connectivity index (χ1n) is 13.7. The molecule has 1 saturated carbocycles. The van der Waals surface area contributed by atoms with Gasteiger partial charge in [0.15, 0.2) is 5.69 Å². The normalized spacial score (nSPS) is 21.3. The highest BCUT2D eigenvalue weighted by molar-refractivity contribution is 5.93. The Labute approximate surface area is 216 Å². The van der Waals surface area contributed by atoms with E-state index >= 15 is 0 Å². The van der Waals surface area contributed by atoms with Crippen molar-refractivity contribution in [3.8, 4) is 16.9 Å². The summed E-state index contributed by atoms with van der Waals surface area (Å²) in [5, 5.41) is 11.9. The van der Waals surface area contributed by atoms with Crippen molar-refractivity contribution >= 4 is 5.91 Å². The Morgan fingerprint density at radius 2 is 1.89 bits per heavy atom. The number of benzene rings is 1. The highest BCUT2D eigenvalue weighted by atomic mass is 16.5. The molecule has 1 aliphatic carbocycles. The lowest BCUT2D eigenvalue weighted by molar-refractivity contribution is 0.00110. The zero-order valence-electron chi connectivity index (χ0n) is 22.2. The standard InChI is InChI=1S/C29H42N4O3/c1-4-5-11-26-25(21-12-14-24(15-13-21)36-23-9-7-6-8-10-23)18-27(32-31-26)29(34)30-19-22-20-33(2)17-16-28(22)35-3/h12-15,18,22-23,28H,4-11,16-17,19-20H2,1-3H3,(H,30,34). The largest absolute Gasteiger partial charge is 0.490 e. The molecule has 36 heavy (non-hydrogen) atoms. The molecule has 2 heterocycles. The quantitative estimate of drug-likeness (QED) is 0.507. The van der Waals surface area contributed by atoms with Crippen molar-refractivity contribution in [2.75, 3.05) is 33.8 Å². The van der Waals surface area contributed by atoms with E-state index < -0.39 is 0 Å². The number of amides is 1. The number of rotatable bonds is 10. The summed E-state index contributed by atoms with van der Waals surface area (Å²) in [5.41, 5.74) is 3.29. The minimum Gasteiger partial charge on any atom is -0.490 e. The van der Waals surface area contributed by atoms with Gasteiger partial charge in [-0.15, -0.1) is 5.10 Å². The molecule has 1 aromatic carbocycles. The molecule has 4 rings (SSSR count). The fraction of sp³-hybridized carbons (Fsp3) is 0.621. The third-order valence-electron chi connectivity index (χ3n) is 7.59. The van der Waals surface area contributed by atoms with Gasteiger partial charge in [-0.05, 0) is 75.8 Å². The van der Waals surface area contributed by atoms with Crippen LogP contribution in [-0.4, -0.2) is 67.0 Å². The molecule has 0 radical (unpaired) electrons. The molecule has 1 N–H and O–H groups in total. The van der Waals surface area contributed by atoms with Gasteiger partial charge in [0.2, 0.25) is 0 Å². The number of methoxy groups -OCH3 is 1. The Morgan fingerprint density at radius 3 is 2.61 bits per heavy atom. The topological polar surface area (TPSA) is 76.6 Å². The van der Waals surface area contributed by atoms with Crippen molar-refractivity contribution < 1.29 is 14.3 Å². The van der Waals surface area contributed by atoms with Crippen LogP contribution in [0.25, 0.3) is 11.1 Å². The van der Waals surface area contributed by atoms with Gasteiger partial charge < -0.3 is 19.7 Å². The lowest BCUT2D eigenvalue weighted by Gasteiger charge is -2.35. The molecule has 2 aliphatic rings. The maximum Gasteiger partial charge on any atom is 0.271 e. The molecule has 2 atom stereocenters. The Balaban J connectivity index is 1.47. The van der Waals surface area contributed by atoms with Gasteiger partial charge in [0, 0.05) is 38.2 Å². The van der Waals surface area contributed by atoms with E-state index in [4.69, 9.17) is 9.47 Å². The first-order valence-corrected chi connectivity index (χ1v) is 13.7. The second-order valence-electron chi connectivity index (χ2n) is 10.4. The summed E-state index contributed by atoms with van der Waals surface area (Å²) in [6.45, 7) is 4.65. The van der Waals surface area contributed by atoms with Crippen molar-refractivity contribution in [1.29, 1.82) is 0 Å². The van der Waals surface area contributed by atoms with E-state index in [1.807, 2.05) is 18.2 Å². The number of aromatic nitrogens is 2. The number of aryl methyl sites for hydroxylation is 1. The van der Waals surface area contributed by atoms with Gasteiger partial charge in [0.05, 0.1) is 17.9 Å². The molecule has 7 nitrogen and oxygen atoms in total. The predicted molar refractivity (Wildman–Crippen MR) is 142 cm³/mol. The van der Waals surface area contributed by atoms with Gasteiger partial charge in [0.25, 0.3) is 5.91 Å². The SMILES string of the molecule is CCCCc1nnc(C(=O)NCC2CN(C)CCC2OC)cc1-c1ccc(OC2CCCCC2)cc1. The second-order valence-corrected chi connectivity index (χ2v) is 10.4. The van der Waals surface area contributed by atoms with E-state index in [1.54, 1.807) is 7.11 Å². The predicted octanol–water partition coefficient (Wildman–Crippen LogP) is 4.89. The van der Waals surface area contributed by atoms with Crippen molar-refractivity contribution in [1.82, 2.24) is 20.4 Å². The number of carbonyl (C=O) groups is 1. The van der Waals surface area contributed by atoms with Crippen LogP contribution < -0.4 is 10.1 Å². The number of unbranched alkanes of at least 4 members (excludes halogenated alkanes) is 1. The number of nitrogens with one attached hydrogen (secondary N) is 1. The fourth-order valence-corrected chi connectivity index (χ4v) is 5.41. The minimum absolute atomic E-state index is 0.161. The van der Waals surface area contributed by atoms with Crippen molar-refractivity contribution in [2.24, 2.45) is 5.92 Å². The molecule has 1 aromatic heterocycles. The summed E-state index contributed by atoms with van der Waals surface area (Å²) in [7, 11) is 3.86. The number of nitrogens with zero attached hydrogens (tertiary/aromatic N) is 3. The van der Waals surface area contributed by atoms with Crippen LogP contribution in [0.3, 0.4) is 0 Å². The van der Waals surface area contributed by atoms with Crippen LogP contribution in [0.1, 0.15) is 74.5 Å². The average molecular weight is 495 g/mol. The molecule has 0 spiro atoms. The van der Waals surface area contributed by atoms with Crippen molar-refractivity contribution in [2.45, 2.75) is 76.9 Å². The second kappa shape index (κ2) is 13.2. The van der Waals surface area contributed by atoms with E-state index in [-0.39, 0.29) is 17.9 Å². The number of piperidine rings is 1. The smallest absolute Gasteiger partial charge is 0.271 e. The van der Waals surface area contributed by atoms with Gasteiger partial charge in [-0.3, -0.25) is 4.79 Å². The molecule has 0 bridgehead atoms. The highest BCUT2D eigenvalue weighted by Crippen LogP contribution is 2.29. The Hall–Kier alpha value is -2.51. The first-order chi connectivity index (χ1) is 17.6. The van der Waals surface area contributed by atoms with Crippen molar-refractivity contribution in [3.63, 3.8) is 0 Å². The number of ether oxygens (including phenoxy) is 2. The monoisotopic (exact) mass is 494 g/mol. The van der Waals surface area contributed by atoms with E-state index in [0.717, 1.165) is 74.2 Å². The van der Waals surface area contributed by atoms with Gasteiger partial charge in [0.1, 0.15) is 5.75 Å². The van der Waals surface area contributed by atoms with Crippen LogP contribution in [-0.2, 0) is 11.2 Å². The fourth-order valence-electron chi connectivity index (χ4n) is 5.41. The van der Waals surface area contributed by atoms with Crippen LogP contribution >= 0.6 is 0 Å². The van der Waals surface area contributed by atoms with Crippen molar-refractivity contribution in [3.05, 3.63) is 41.7 Å². The van der Waals surface area contributed by atoms with Crippen LogP contribution in [0.4, 0.5) is 0 Å². The van der Waals surface area contributed by atoms with E-state index in [2.05, 4.69) is 46.5 Å². The summed E-state index contributed by atoms with van der Waals surface area (Å²) in [5.74, 6) is 0.975. The Morgan fingerprint density at radius 1 is 1.11 bits per heavy atom. The van der Waals surface area contributed by atoms with Gasteiger partial charge in [-0.1, -0.05) is 31.9 Å². The van der Waals surface area contributed by atoms with E-state index in [9.17, 15) is 4.79 Å². The lowest BCUT2D eigenvalue weighted by atomic mass is 9.94. The molecule has 2 unspecified atom stereocenters. The molecule has 2 aromatic rings. The molecule has 2 fully saturated rings. The van der Waals surface area contributed by atoms with Crippen LogP contribution in [0.2, 0.25) is 0 Å².